The molecule has 1 atom stereocenters. The molecule has 20 heavy (non-hydrogen) atoms. The van der Waals surface area contributed by atoms with Gasteiger partial charge in [-0.05, 0) is 18.6 Å². The van der Waals surface area contributed by atoms with Crippen molar-refractivity contribution >= 4 is 29.2 Å². The zero-order chi connectivity index (χ0) is 15.1. The monoisotopic (exact) mass is 319 g/mol. The van der Waals surface area contributed by atoms with Crippen LogP contribution in [-0.2, 0) is 11.3 Å². The molecule has 0 spiro atoms. The molecule has 0 unspecified atom stereocenters. The van der Waals surface area contributed by atoms with Gasteiger partial charge >= 0.3 is 5.97 Å². The van der Waals surface area contributed by atoms with E-state index in [0.717, 1.165) is 18.4 Å². The number of carboxylic acids is 1. The lowest BCUT2D eigenvalue weighted by Crippen LogP contribution is -2.36. The molecule has 0 aliphatic carbocycles. The highest BCUT2D eigenvalue weighted by Gasteiger charge is 2.17. The number of methoxy groups -OCH3 is 1. The summed E-state index contributed by atoms with van der Waals surface area (Å²) in [5, 5.41) is 13.1. The molecule has 0 aliphatic heterocycles. The predicted octanol–water partition coefficient (Wildman–Crippen LogP) is 3.74. The van der Waals surface area contributed by atoms with Crippen LogP contribution in [0.4, 0.5) is 0 Å². The van der Waals surface area contributed by atoms with Crippen LogP contribution in [0.15, 0.2) is 12.1 Å². The number of carbonyl (C=O) groups is 1. The van der Waals surface area contributed by atoms with Crippen molar-refractivity contribution in [2.24, 2.45) is 0 Å². The highest BCUT2D eigenvalue weighted by atomic mass is 35.5. The number of benzene rings is 1. The first-order valence-electron chi connectivity index (χ1n) is 6.47. The van der Waals surface area contributed by atoms with Crippen molar-refractivity contribution in [3.8, 4) is 5.75 Å². The Morgan fingerprint density at radius 1 is 1.45 bits per heavy atom. The van der Waals surface area contributed by atoms with Crippen molar-refractivity contribution < 1.29 is 14.6 Å². The minimum Gasteiger partial charge on any atom is -0.495 e. The zero-order valence-corrected chi connectivity index (χ0v) is 13.1. The lowest BCUT2D eigenvalue weighted by atomic mass is 10.1. The van der Waals surface area contributed by atoms with Gasteiger partial charge in [0.05, 0.1) is 12.1 Å². The molecule has 0 saturated heterocycles. The number of nitrogens with one attached hydrogen (secondary N) is 1. The van der Waals surface area contributed by atoms with E-state index >= 15 is 0 Å². The Morgan fingerprint density at radius 2 is 2.15 bits per heavy atom. The Labute approximate surface area is 129 Å². The molecule has 6 heteroatoms. The van der Waals surface area contributed by atoms with Crippen molar-refractivity contribution in [1.82, 2.24) is 5.32 Å². The lowest BCUT2D eigenvalue weighted by Gasteiger charge is -2.16. The normalized spacial score (nSPS) is 12.2. The van der Waals surface area contributed by atoms with Crippen LogP contribution in [0.2, 0.25) is 10.0 Å². The van der Waals surface area contributed by atoms with Crippen molar-refractivity contribution in [1.29, 1.82) is 0 Å². The number of hydrogen-bond acceptors (Lipinski definition) is 3. The summed E-state index contributed by atoms with van der Waals surface area (Å²) in [6.07, 6.45) is 2.40. The van der Waals surface area contributed by atoms with Gasteiger partial charge < -0.3 is 15.2 Å². The summed E-state index contributed by atoms with van der Waals surface area (Å²) >= 11 is 12.0. The summed E-state index contributed by atoms with van der Waals surface area (Å²) in [5.41, 5.74) is 0.743. The fraction of sp³-hybridized carbons (Fsp3) is 0.500. The molecule has 0 radical (unpaired) electrons. The number of rotatable bonds is 8. The molecule has 1 rings (SSSR count). The molecule has 0 aromatic heterocycles. The van der Waals surface area contributed by atoms with Gasteiger partial charge in [0.15, 0.2) is 0 Å². The topological polar surface area (TPSA) is 58.6 Å². The van der Waals surface area contributed by atoms with Crippen LogP contribution in [0, 0.1) is 0 Å². The maximum Gasteiger partial charge on any atom is 0.320 e. The van der Waals surface area contributed by atoms with Crippen LogP contribution in [-0.4, -0.2) is 24.2 Å². The molecule has 112 valence electrons. The average molecular weight is 320 g/mol. The minimum absolute atomic E-state index is 0.337. The summed E-state index contributed by atoms with van der Waals surface area (Å²) in [5.74, 6) is -0.339. The Kier molecular flexibility index (Phi) is 7.13. The maximum atomic E-state index is 11.2. The van der Waals surface area contributed by atoms with Crippen LogP contribution >= 0.6 is 23.2 Å². The van der Waals surface area contributed by atoms with Gasteiger partial charge in [-0.1, -0.05) is 43.0 Å². The third-order valence-corrected chi connectivity index (χ3v) is 3.47. The molecule has 0 fully saturated rings. The molecular weight excluding hydrogens is 301 g/mol. The van der Waals surface area contributed by atoms with Crippen molar-refractivity contribution in [3.05, 3.63) is 27.7 Å². The number of hydrogen-bond donors (Lipinski definition) is 2. The van der Waals surface area contributed by atoms with E-state index in [0.29, 0.717) is 28.8 Å². The molecule has 0 bridgehead atoms. The predicted molar refractivity (Wildman–Crippen MR) is 80.8 cm³/mol. The summed E-state index contributed by atoms with van der Waals surface area (Å²) < 4.78 is 5.23. The number of ether oxygens (including phenoxy) is 1. The van der Waals surface area contributed by atoms with Gasteiger partial charge in [-0.25, -0.2) is 0 Å². The van der Waals surface area contributed by atoms with Crippen LogP contribution < -0.4 is 10.1 Å². The second-order valence-corrected chi connectivity index (χ2v) is 5.34. The standard InChI is InChI=1S/C14H19Cl2NO3/c1-3-4-5-12(14(18)19)17-8-9-6-10(15)7-11(16)13(9)20-2/h6-7,12,17H,3-5,8H2,1-2H3,(H,18,19)/t12-/m0/s1. The van der Waals surface area contributed by atoms with Crippen molar-refractivity contribution in [2.45, 2.75) is 38.8 Å². The second-order valence-electron chi connectivity index (χ2n) is 4.49. The van der Waals surface area contributed by atoms with E-state index in [4.69, 9.17) is 33.0 Å². The number of aliphatic carboxylic acids is 1. The van der Waals surface area contributed by atoms with Crippen LogP contribution in [0.5, 0.6) is 5.75 Å². The molecule has 0 amide bonds. The van der Waals surface area contributed by atoms with Crippen LogP contribution in [0.25, 0.3) is 0 Å². The first kappa shape index (κ1) is 17.1. The lowest BCUT2D eigenvalue weighted by molar-refractivity contribution is -0.139. The molecule has 0 heterocycles. The molecule has 1 aromatic carbocycles. The maximum absolute atomic E-state index is 11.2. The Hall–Kier alpha value is -0.970. The van der Waals surface area contributed by atoms with Gasteiger partial charge in [-0.2, -0.15) is 0 Å². The van der Waals surface area contributed by atoms with E-state index in [-0.39, 0.29) is 0 Å². The molecule has 2 N–H and O–H groups in total. The van der Waals surface area contributed by atoms with E-state index in [1.54, 1.807) is 12.1 Å². The third kappa shape index (κ3) is 4.85. The Balaban J connectivity index is 2.79. The molecule has 1 aromatic rings. The van der Waals surface area contributed by atoms with E-state index in [1.165, 1.54) is 7.11 Å². The number of carboxylic acid groups (broad SMARTS) is 1. The third-order valence-electron chi connectivity index (χ3n) is 2.97. The molecule has 0 saturated carbocycles. The SMILES string of the molecule is CCCC[C@H](NCc1cc(Cl)cc(Cl)c1OC)C(=O)O. The fourth-order valence-corrected chi connectivity index (χ4v) is 2.54. The quantitative estimate of drug-likeness (QED) is 0.766. The van der Waals surface area contributed by atoms with E-state index in [1.807, 2.05) is 6.92 Å². The summed E-state index contributed by atoms with van der Waals surface area (Å²) in [6.45, 7) is 2.36. The smallest absolute Gasteiger partial charge is 0.320 e. The van der Waals surface area contributed by atoms with E-state index < -0.39 is 12.0 Å². The molecular formula is C14H19Cl2NO3. The highest BCUT2D eigenvalue weighted by Crippen LogP contribution is 2.32. The Morgan fingerprint density at radius 3 is 2.70 bits per heavy atom. The second kappa shape index (κ2) is 8.35. The van der Waals surface area contributed by atoms with Gasteiger partial charge in [-0.15, -0.1) is 0 Å². The molecule has 0 aliphatic rings. The first-order valence-corrected chi connectivity index (χ1v) is 7.23. The highest BCUT2D eigenvalue weighted by molar-refractivity contribution is 6.35. The van der Waals surface area contributed by atoms with E-state index in [2.05, 4.69) is 5.32 Å². The number of unbranched alkanes of at least 4 members (excludes halogenated alkanes) is 1. The van der Waals surface area contributed by atoms with Crippen molar-refractivity contribution in [2.75, 3.05) is 7.11 Å². The van der Waals surface area contributed by atoms with E-state index in [9.17, 15) is 4.79 Å². The van der Waals surface area contributed by atoms with Gasteiger partial charge in [0.1, 0.15) is 11.8 Å². The van der Waals surface area contributed by atoms with Gasteiger partial charge in [0, 0.05) is 17.1 Å². The summed E-state index contributed by atoms with van der Waals surface area (Å²) in [7, 11) is 1.52. The fourth-order valence-electron chi connectivity index (χ4n) is 1.93. The summed E-state index contributed by atoms with van der Waals surface area (Å²) in [6, 6.07) is 2.73. The Bertz CT molecular complexity index is 466. The first-order chi connectivity index (χ1) is 9.49. The van der Waals surface area contributed by atoms with Crippen LogP contribution in [0.3, 0.4) is 0 Å². The molecule has 4 nitrogen and oxygen atoms in total. The van der Waals surface area contributed by atoms with Gasteiger partial charge in [0.2, 0.25) is 0 Å². The number of halogens is 2. The summed E-state index contributed by atoms with van der Waals surface area (Å²) in [4.78, 5) is 11.2. The minimum atomic E-state index is -0.856. The van der Waals surface area contributed by atoms with Gasteiger partial charge in [0.25, 0.3) is 0 Å². The zero-order valence-electron chi connectivity index (χ0n) is 11.6. The average Bonchev–Trinajstić information content (AvgIpc) is 2.37. The van der Waals surface area contributed by atoms with Gasteiger partial charge in [-0.3, -0.25) is 4.79 Å². The van der Waals surface area contributed by atoms with Crippen molar-refractivity contribution in [3.63, 3.8) is 0 Å². The largest absolute Gasteiger partial charge is 0.495 e. The van der Waals surface area contributed by atoms with Crippen LogP contribution in [0.1, 0.15) is 31.7 Å².